The predicted molar refractivity (Wildman–Crippen MR) is 89.1 cm³/mol. The summed E-state index contributed by atoms with van der Waals surface area (Å²) in [5.41, 5.74) is 1.65. The molecule has 1 saturated heterocycles. The summed E-state index contributed by atoms with van der Waals surface area (Å²) in [7, 11) is 3.86. The summed E-state index contributed by atoms with van der Waals surface area (Å²) in [4.78, 5) is 14.7. The molecule has 124 valence electrons. The second-order valence-corrected chi connectivity index (χ2v) is 7.42. The quantitative estimate of drug-likeness (QED) is 0.927. The number of nitrogens with zero attached hydrogens (tertiary/aromatic N) is 3. The zero-order chi connectivity index (χ0) is 16.3. The monoisotopic (exact) mass is 306 g/mol. The van der Waals surface area contributed by atoms with Gasteiger partial charge in [0.05, 0.1) is 5.69 Å². The molecule has 0 aromatic carbocycles. The molecular formula is C17H30N4O. The van der Waals surface area contributed by atoms with Crippen molar-refractivity contribution in [3.8, 4) is 0 Å². The van der Waals surface area contributed by atoms with Crippen molar-refractivity contribution in [2.24, 2.45) is 13.0 Å². The fourth-order valence-corrected chi connectivity index (χ4v) is 2.97. The minimum atomic E-state index is -0.0313. The average molecular weight is 306 g/mol. The van der Waals surface area contributed by atoms with Crippen LogP contribution in [0.25, 0.3) is 0 Å². The maximum atomic E-state index is 12.7. The lowest BCUT2D eigenvalue weighted by atomic mass is 9.92. The van der Waals surface area contributed by atoms with E-state index >= 15 is 0 Å². The van der Waals surface area contributed by atoms with E-state index in [1.54, 1.807) is 4.68 Å². The molecule has 0 atom stereocenters. The third kappa shape index (κ3) is 3.88. The van der Waals surface area contributed by atoms with Gasteiger partial charge in [0.25, 0.3) is 5.91 Å². The molecule has 0 spiro atoms. The van der Waals surface area contributed by atoms with Gasteiger partial charge in [-0.05, 0) is 44.8 Å². The van der Waals surface area contributed by atoms with Crippen molar-refractivity contribution in [3.05, 3.63) is 17.5 Å². The van der Waals surface area contributed by atoms with Crippen molar-refractivity contribution in [1.82, 2.24) is 20.0 Å². The molecule has 0 unspecified atom stereocenters. The molecule has 1 aromatic rings. The van der Waals surface area contributed by atoms with Crippen LogP contribution in [0.3, 0.4) is 0 Å². The van der Waals surface area contributed by atoms with E-state index in [9.17, 15) is 4.79 Å². The zero-order valence-corrected chi connectivity index (χ0v) is 14.6. The molecule has 0 bridgehead atoms. The number of nitrogens with one attached hydrogen (secondary N) is 1. The predicted octanol–water partition coefficient (Wildman–Crippen LogP) is 2.18. The van der Waals surface area contributed by atoms with E-state index in [1.807, 2.05) is 25.1 Å². The lowest BCUT2D eigenvalue weighted by Crippen LogP contribution is -2.39. The summed E-state index contributed by atoms with van der Waals surface area (Å²) in [6.45, 7) is 9.16. The SMILES string of the molecule is CNCCC1CCN(C(=O)c2cc(C(C)(C)C)nn2C)CC1. The molecule has 1 aliphatic rings. The van der Waals surface area contributed by atoms with Crippen LogP contribution in [0.2, 0.25) is 0 Å². The summed E-state index contributed by atoms with van der Waals surface area (Å²) in [6, 6.07) is 1.95. The summed E-state index contributed by atoms with van der Waals surface area (Å²) in [5.74, 6) is 0.866. The van der Waals surface area contributed by atoms with Crippen LogP contribution in [0.4, 0.5) is 0 Å². The van der Waals surface area contributed by atoms with E-state index in [0.717, 1.165) is 44.1 Å². The fraction of sp³-hybridized carbons (Fsp3) is 0.765. The van der Waals surface area contributed by atoms with Crippen LogP contribution < -0.4 is 5.32 Å². The highest BCUT2D eigenvalue weighted by molar-refractivity contribution is 5.92. The fourth-order valence-electron chi connectivity index (χ4n) is 2.97. The third-order valence-electron chi connectivity index (χ3n) is 4.57. The van der Waals surface area contributed by atoms with E-state index < -0.39 is 0 Å². The average Bonchev–Trinajstić information content (AvgIpc) is 2.87. The van der Waals surface area contributed by atoms with Crippen LogP contribution in [0, 0.1) is 5.92 Å². The third-order valence-corrected chi connectivity index (χ3v) is 4.57. The van der Waals surface area contributed by atoms with Crippen molar-refractivity contribution >= 4 is 5.91 Å². The molecule has 1 fully saturated rings. The summed E-state index contributed by atoms with van der Waals surface area (Å²) >= 11 is 0. The summed E-state index contributed by atoms with van der Waals surface area (Å²) in [6.07, 6.45) is 3.42. The molecule has 2 heterocycles. The second kappa shape index (κ2) is 6.82. The first kappa shape index (κ1) is 17.0. The van der Waals surface area contributed by atoms with Crippen LogP contribution in [-0.2, 0) is 12.5 Å². The summed E-state index contributed by atoms with van der Waals surface area (Å²) < 4.78 is 1.73. The molecule has 1 aliphatic heterocycles. The topological polar surface area (TPSA) is 50.2 Å². The number of likely N-dealkylation sites (tertiary alicyclic amines) is 1. The first-order chi connectivity index (χ1) is 10.3. The van der Waals surface area contributed by atoms with Gasteiger partial charge in [-0.1, -0.05) is 20.8 Å². The number of aryl methyl sites for hydroxylation is 1. The number of aromatic nitrogens is 2. The molecule has 22 heavy (non-hydrogen) atoms. The van der Waals surface area contributed by atoms with Gasteiger partial charge in [-0.15, -0.1) is 0 Å². The van der Waals surface area contributed by atoms with Gasteiger partial charge in [0.2, 0.25) is 0 Å². The van der Waals surface area contributed by atoms with Crippen molar-refractivity contribution in [2.45, 2.75) is 45.4 Å². The summed E-state index contributed by atoms with van der Waals surface area (Å²) in [5, 5.41) is 7.72. The normalized spacial score (nSPS) is 17.0. The first-order valence-corrected chi connectivity index (χ1v) is 8.31. The highest BCUT2D eigenvalue weighted by Crippen LogP contribution is 2.24. The van der Waals surface area contributed by atoms with E-state index in [1.165, 1.54) is 6.42 Å². The second-order valence-electron chi connectivity index (χ2n) is 7.42. The molecule has 1 N–H and O–H groups in total. The molecule has 1 aromatic heterocycles. The van der Waals surface area contributed by atoms with Gasteiger partial charge >= 0.3 is 0 Å². The molecule has 1 amide bonds. The number of carbonyl (C=O) groups excluding carboxylic acids is 1. The maximum absolute atomic E-state index is 12.7. The minimum Gasteiger partial charge on any atom is -0.337 e. The van der Waals surface area contributed by atoms with Gasteiger partial charge in [-0.3, -0.25) is 9.48 Å². The number of piperidine rings is 1. The van der Waals surface area contributed by atoms with E-state index in [4.69, 9.17) is 0 Å². The Labute approximate surface area is 134 Å². The lowest BCUT2D eigenvalue weighted by Gasteiger charge is -2.32. The van der Waals surface area contributed by atoms with Crippen LogP contribution in [0.15, 0.2) is 6.07 Å². The molecule has 2 rings (SSSR count). The van der Waals surface area contributed by atoms with E-state index in [0.29, 0.717) is 5.69 Å². The van der Waals surface area contributed by atoms with Gasteiger partial charge in [0.1, 0.15) is 5.69 Å². The number of amides is 1. The number of hydrogen-bond acceptors (Lipinski definition) is 3. The van der Waals surface area contributed by atoms with Crippen LogP contribution in [0.5, 0.6) is 0 Å². The van der Waals surface area contributed by atoms with E-state index in [-0.39, 0.29) is 11.3 Å². The van der Waals surface area contributed by atoms with Gasteiger partial charge in [0.15, 0.2) is 0 Å². The van der Waals surface area contributed by atoms with Gasteiger partial charge < -0.3 is 10.2 Å². The minimum absolute atomic E-state index is 0.0313. The van der Waals surface area contributed by atoms with Crippen LogP contribution >= 0.6 is 0 Å². The maximum Gasteiger partial charge on any atom is 0.272 e. The molecule has 5 nitrogen and oxygen atoms in total. The number of rotatable bonds is 4. The Kier molecular flexibility index (Phi) is 5.27. The molecule has 0 saturated carbocycles. The highest BCUT2D eigenvalue weighted by atomic mass is 16.2. The molecule has 5 heteroatoms. The Bertz CT molecular complexity index is 507. The Morgan fingerprint density at radius 3 is 2.50 bits per heavy atom. The zero-order valence-electron chi connectivity index (χ0n) is 14.6. The Morgan fingerprint density at radius 2 is 2.00 bits per heavy atom. The number of carbonyl (C=O) groups is 1. The first-order valence-electron chi connectivity index (χ1n) is 8.31. The van der Waals surface area contributed by atoms with Crippen molar-refractivity contribution in [3.63, 3.8) is 0 Å². The largest absolute Gasteiger partial charge is 0.337 e. The molecule has 0 aliphatic carbocycles. The van der Waals surface area contributed by atoms with Crippen molar-refractivity contribution in [1.29, 1.82) is 0 Å². The Balaban J connectivity index is 2.00. The number of hydrogen-bond donors (Lipinski definition) is 1. The standard InChI is InChI=1S/C17H30N4O/c1-17(2,3)15-12-14(20(5)19-15)16(22)21-10-7-13(8-11-21)6-9-18-4/h12-13,18H,6-11H2,1-5H3. The van der Waals surface area contributed by atoms with Gasteiger partial charge in [-0.2, -0.15) is 5.10 Å². The lowest BCUT2D eigenvalue weighted by molar-refractivity contribution is 0.0676. The molecule has 0 radical (unpaired) electrons. The van der Waals surface area contributed by atoms with E-state index in [2.05, 4.69) is 31.2 Å². The van der Waals surface area contributed by atoms with Crippen LogP contribution in [0.1, 0.15) is 56.2 Å². The highest BCUT2D eigenvalue weighted by Gasteiger charge is 2.27. The smallest absolute Gasteiger partial charge is 0.272 e. The van der Waals surface area contributed by atoms with Crippen LogP contribution in [-0.4, -0.2) is 47.3 Å². The Hall–Kier alpha value is -1.36. The molecular weight excluding hydrogens is 276 g/mol. The Morgan fingerprint density at radius 1 is 1.36 bits per heavy atom. The van der Waals surface area contributed by atoms with Gasteiger partial charge in [0, 0.05) is 25.6 Å². The van der Waals surface area contributed by atoms with Crippen molar-refractivity contribution < 1.29 is 4.79 Å². The van der Waals surface area contributed by atoms with Crippen molar-refractivity contribution in [2.75, 3.05) is 26.7 Å². The van der Waals surface area contributed by atoms with Gasteiger partial charge in [-0.25, -0.2) is 0 Å².